The number of aromatic nitrogens is 1. The summed E-state index contributed by atoms with van der Waals surface area (Å²) in [6, 6.07) is 14.8. The minimum atomic E-state index is -0.985. The fourth-order valence-corrected chi connectivity index (χ4v) is 3.96. The number of hydrogen-bond donors (Lipinski definition) is 1. The van der Waals surface area contributed by atoms with E-state index in [-0.39, 0.29) is 12.2 Å². The van der Waals surface area contributed by atoms with Crippen LogP contribution in [0.25, 0.3) is 11.1 Å². The van der Waals surface area contributed by atoms with E-state index in [4.69, 9.17) is 21.1 Å². The molecule has 3 aromatic rings. The van der Waals surface area contributed by atoms with E-state index in [1.807, 2.05) is 30.5 Å². The van der Waals surface area contributed by atoms with Crippen molar-refractivity contribution in [1.82, 2.24) is 4.98 Å². The van der Waals surface area contributed by atoms with Gasteiger partial charge >= 0.3 is 5.97 Å². The van der Waals surface area contributed by atoms with Gasteiger partial charge in [0.15, 0.2) is 0 Å². The molecule has 158 valence electrons. The van der Waals surface area contributed by atoms with Crippen LogP contribution in [0.15, 0.2) is 60.9 Å². The number of para-hydroxylation sites is 1. The van der Waals surface area contributed by atoms with E-state index < -0.39 is 11.6 Å². The zero-order chi connectivity index (χ0) is 21.4. The van der Waals surface area contributed by atoms with Gasteiger partial charge in [-0.3, -0.25) is 4.98 Å². The summed E-state index contributed by atoms with van der Waals surface area (Å²) in [5.74, 6) is -0.105. The Morgan fingerprint density at radius 1 is 1.13 bits per heavy atom. The molecule has 6 heteroatoms. The van der Waals surface area contributed by atoms with Crippen LogP contribution >= 0.6 is 11.6 Å². The molecule has 0 aliphatic heterocycles. The number of pyridine rings is 1. The second-order valence-corrected chi connectivity index (χ2v) is 8.54. The summed E-state index contributed by atoms with van der Waals surface area (Å²) in [5.41, 5.74) is 3.50. The molecule has 0 spiro atoms. The molecule has 0 unspecified atom stereocenters. The molecular weight excluding hydrogens is 414 g/mol. The smallest absolute Gasteiger partial charge is 0.335 e. The number of rotatable bonds is 8. The highest BCUT2D eigenvalue weighted by Gasteiger charge is 2.47. The van der Waals surface area contributed by atoms with Crippen LogP contribution in [-0.4, -0.2) is 22.2 Å². The average molecular weight is 436 g/mol. The first-order valence-electron chi connectivity index (χ1n) is 10.4. The van der Waals surface area contributed by atoms with E-state index in [9.17, 15) is 9.90 Å². The minimum absolute atomic E-state index is 0.195. The Kier molecular flexibility index (Phi) is 5.16. The lowest BCUT2D eigenvalue weighted by atomic mass is 9.96. The number of carbonyl (C=O) groups is 1. The van der Waals surface area contributed by atoms with E-state index >= 15 is 0 Å². The van der Waals surface area contributed by atoms with Crippen LogP contribution in [0.5, 0.6) is 5.75 Å². The van der Waals surface area contributed by atoms with Crippen molar-refractivity contribution in [2.75, 3.05) is 0 Å². The Bertz CT molecular complexity index is 1140. The largest absolute Gasteiger partial charge is 0.490 e. The topological polar surface area (TPSA) is 68.7 Å². The number of nitrogens with zero attached hydrogens (tertiary/aromatic N) is 1. The average Bonchev–Trinajstić information content (AvgIpc) is 3.70. The summed E-state index contributed by atoms with van der Waals surface area (Å²) < 4.78 is 12.5. The maximum Gasteiger partial charge on any atom is 0.335 e. The summed E-state index contributed by atoms with van der Waals surface area (Å²) in [7, 11) is 0. The SMILES string of the molecule is O=C(O)c1ccc(Cl)c(COC2(c3cnccc3-c3ccccc3OC3CC3)CC2)c1. The van der Waals surface area contributed by atoms with Crippen molar-refractivity contribution in [2.24, 2.45) is 0 Å². The summed E-state index contributed by atoms with van der Waals surface area (Å²) in [4.78, 5) is 15.7. The maximum absolute atomic E-state index is 11.3. The minimum Gasteiger partial charge on any atom is -0.490 e. The number of aromatic carboxylic acids is 1. The fourth-order valence-electron chi connectivity index (χ4n) is 3.79. The quantitative estimate of drug-likeness (QED) is 0.480. The van der Waals surface area contributed by atoms with Crippen LogP contribution in [-0.2, 0) is 16.9 Å². The van der Waals surface area contributed by atoms with Gasteiger partial charge < -0.3 is 14.6 Å². The number of benzene rings is 2. The Labute approximate surface area is 185 Å². The lowest BCUT2D eigenvalue weighted by Crippen LogP contribution is -2.14. The first-order chi connectivity index (χ1) is 15.1. The number of hydrogen-bond acceptors (Lipinski definition) is 4. The summed E-state index contributed by atoms with van der Waals surface area (Å²) in [5, 5.41) is 9.77. The van der Waals surface area contributed by atoms with Gasteiger partial charge in [-0.1, -0.05) is 29.8 Å². The lowest BCUT2D eigenvalue weighted by Gasteiger charge is -2.22. The van der Waals surface area contributed by atoms with Crippen LogP contribution in [0.3, 0.4) is 0 Å². The van der Waals surface area contributed by atoms with Crippen molar-refractivity contribution in [3.63, 3.8) is 0 Å². The highest BCUT2D eigenvalue weighted by molar-refractivity contribution is 6.31. The van der Waals surface area contributed by atoms with Crippen LogP contribution in [0.4, 0.5) is 0 Å². The van der Waals surface area contributed by atoms with E-state index in [0.717, 1.165) is 48.1 Å². The van der Waals surface area contributed by atoms with Crippen molar-refractivity contribution in [1.29, 1.82) is 0 Å². The van der Waals surface area contributed by atoms with Crippen molar-refractivity contribution in [3.8, 4) is 16.9 Å². The van der Waals surface area contributed by atoms with Crippen molar-refractivity contribution < 1.29 is 19.4 Å². The summed E-state index contributed by atoms with van der Waals surface area (Å²) >= 11 is 6.30. The molecule has 5 nitrogen and oxygen atoms in total. The van der Waals surface area contributed by atoms with Crippen molar-refractivity contribution in [2.45, 2.75) is 44.0 Å². The molecule has 5 rings (SSSR count). The molecule has 2 aromatic carbocycles. The molecule has 2 aliphatic carbocycles. The first-order valence-corrected chi connectivity index (χ1v) is 10.8. The highest BCUT2D eigenvalue weighted by atomic mass is 35.5. The van der Waals surface area contributed by atoms with Crippen LogP contribution in [0.2, 0.25) is 5.02 Å². The van der Waals surface area contributed by atoms with Gasteiger partial charge in [0.25, 0.3) is 0 Å². The monoisotopic (exact) mass is 435 g/mol. The Morgan fingerprint density at radius 2 is 1.94 bits per heavy atom. The molecule has 2 fully saturated rings. The van der Waals surface area contributed by atoms with Crippen LogP contribution in [0.1, 0.15) is 47.2 Å². The molecule has 0 radical (unpaired) electrons. The lowest BCUT2D eigenvalue weighted by molar-refractivity contribution is 0.0173. The number of halogens is 1. The molecule has 1 aromatic heterocycles. The molecule has 31 heavy (non-hydrogen) atoms. The second-order valence-electron chi connectivity index (χ2n) is 8.13. The zero-order valence-electron chi connectivity index (χ0n) is 16.9. The van der Waals surface area contributed by atoms with Gasteiger partial charge in [-0.05, 0) is 67.1 Å². The predicted molar refractivity (Wildman–Crippen MR) is 117 cm³/mol. The third kappa shape index (κ3) is 4.16. The van der Waals surface area contributed by atoms with E-state index in [1.165, 1.54) is 6.07 Å². The molecule has 0 amide bonds. The molecule has 0 bridgehead atoms. The zero-order valence-corrected chi connectivity index (χ0v) is 17.6. The van der Waals surface area contributed by atoms with Gasteiger partial charge in [-0.15, -0.1) is 0 Å². The first kappa shape index (κ1) is 20.0. The summed E-state index contributed by atoms with van der Waals surface area (Å²) in [6.07, 6.45) is 7.89. The van der Waals surface area contributed by atoms with Gasteiger partial charge in [0.2, 0.25) is 0 Å². The standard InChI is InChI=1S/C25H22ClNO4/c26-22-8-5-16(24(28)29)13-17(22)15-30-25(10-11-25)21-14-27-12-9-19(21)20-3-1-2-4-23(20)31-18-6-7-18/h1-5,8-9,12-14,18H,6-7,10-11,15H2,(H,28,29). The predicted octanol–water partition coefficient (Wildman–Crippen LogP) is 5.85. The Hall–Kier alpha value is -2.89. The van der Waals surface area contributed by atoms with Crippen molar-refractivity contribution >= 4 is 17.6 Å². The normalized spacial score (nSPS) is 16.7. The van der Waals surface area contributed by atoms with Gasteiger partial charge in [0.1, 0.15) is 5.75 Å². The van der Waals surface area contributed by atoms with Gasteiger partial charge in [0.05, 0.1) is 23.9 Å². The summed E-state index contributed by atoms with van der Waals surface area (Å²) in [6.45, 7) is 0.231. The molecular formula is C25H22ClNO4. The third-order valence-electron chi connectivity index (χ3n) is 5.81. The van der Waals surface area contributed by atoms with E-state index in [1.54, 1.807) is 18.3 Å². The molecule has 1 N–H and O–H groups in total. The van der Waals surface area contributed by atoms with E-state index in [2.05, 4.69) is 11.1 Å². The highest BCUT2D eigenvalue weighted by Crippen LogP contribution is 2.53. The fraction of sp³-hybridized carbons (Fsp3) is 0.280. The van der Waals surface area contributed by atoms with E-state index in [0.29, 0.717) is 16.7 Å². The second kappa shape index (κ2) is 7.98. The van der Waals surface area contributed by atoms with Crippen LogP contribution in [0, 0.1) is 0 Å². The van der Waals surface area contributed by atoms with Gasteiger partial charge in [-0.25, -0.2) is 4.79 Å². The third-order valence-corrected chi connectivity index (χ3v) is 6.18. The number of carboxylic acid groups (broad SMARTS) is 1. The molecule has 2 saturated carbocycles. The van der Waals surface area contributed by atoms with Crippen LogP contribution < -0.4 is 4.74 Å². The van der Waals surface area contributed by atoms with Crippen molar-refractivity contribution in [3.05, 3.63) is 82.6 Å². The Balaban J connectivity index is 1.44. The van der Waals surface area contributed by atoms with Gasteiger partial charge in [0, 0.05) is 28.5 Å². The molecule has 1 heterocycles. The Morgan fingerprint density at radius 3 is 2.68 bits per heavy atom. The molecule has 0 atom stereocenters. The number of carboxylic acids is 1. The maximum atomic E-state index is 11.3. The molecule has 0 saturated heterocycles. The van der Waals surface area contributed by atoms with Gasteiger partial charge in [-0.2, -0.15) is 0 Å². The molecule has 2 aliphatic rings. The number of ether oxygens (including phenoxy) is 2.